The van der Waals surface area contributed by atoms with Crippen LogP contribution in [0.15, 0.2) is 51.4 Å². The lowest BCUT2D eigenvalue weighted by molar-refractivity contribution is 0.555. The molecule has 0 atom stereocenters. The maximum absolute atomic E-state index is 4.40. The van der Waals surface area contributed by atoms with Crippen LogP contribution >= 0.6 is 39.0 Å². The van der Waals surface area contributed by atoms with E-state index in [4.69, 9.17) is 0 Å². The van der Waals surface area contributed by atoms with Crippen LogP contribution in [-0.4, -0.2) is 14.8 Å². The minimum Gasteiger partial charge on any atom is -0.299 e. The summed E-state index contributed by atoms with van der Waals surface area (Å²) in [6, 6.07) is 12.9. The lowest BCUT2D eigenvalue weighted by Crippen LogP contribution is -2.04. The van der Waals surface area contributed by atoms with Crippen molar-refractivity contribution >= 4 is 39.0 Å². The number of aromatic nitrogens is 3. The summed E-state index contributed by atoms with van der Waals surface area (Å²) in [7, 11) is 0. The fourth-order valence-corrected chi connectivity index (χ4v) is 4.14. The van der Waals surface area contributed by atoms with E-state index >= 15 is 0 Å². The monoisotopic (exact) mass is 393 g/mol. The Balaban J connectivity index is 1.83. The first-order chi connectivity index (χ1) is 10.6. The summed E-state index contributed by atoms with van der Waals surface area (Å²) >= 11 is 6.90. The molecule has 0 aliphatic heterocycles. The zero-order chi connectivity index (χ0) is 15.5. The van der Waals surface area contributed by atoms with E-state index in [-0.39, 0.29) is 0 Å². The minimum atomic E-state index is 0.333. The normalized spacial score (nSPS) is 11.3. The van der Waals surface area contributed by atoms with Crippen LogP contribution in [0.2, 0.25) is 0 Å². The minimum absolute atomic E-state index is 0.333. The van der Waals surface area contributed by atoms with Crippen molar-refractivity contribution in [3.05, 3.63) is 51.8 Å². The van der Waals surface area contributed by atoms with Crippen molar-refractivity contribution in [1.82, 2.24) is 14.8 Å². The zero-order valence-corrected chi connectivity index (χ0v) is 15.6. The highest BCUT2D eigenvalue weighted by molar-refractivity contribution is 9.10. The molecule has 0 unspecified atom stereocenters. The molecule has 0 radical (unpaired) electrons. The first-order valence-corrected chi connectivity index (χ1v) is 9.67. The highest BCUT2D eigenvalue weighted by Gasteiger charge is 2.17. The highest BCUT2D eigenvalue weighted by atomic mass is 79.9. The molecule has 3 rings (SSSR count). The highest BCUT2D eigenvalue weighted by Crippen LogP contribution is 2.31. The molecule has 0 spiro atoms. The van der Waals surface area contributed by atoms with E-state index in [1.165, 1.54) is 5.56 Å². The summed E-state index contributed by atoms with van der Waals surface area (Å²) in [6.07, 6.45) is 0. The second-order valence-corrected chi connectivity index (χ2v) is 7.97. The van der Waals surface area contributed by atoms with Gasteiger partial charge >= 0.3 is 0 Å². The van der Waals surface area contributed by atoms with E-state index < -0.39 is 0 Å². The molecule has 0 fully saturated rings. The van der Waals surface area contributed by atoms with Crippen molar-refractivity contribution < 1.29 is 0 Å². The van der Waals surface area contributed by atoms with Gasteiger partial charge in [-0.15, -0.1) is 21.5 Å². The van der Waals surface area contributed by atoms with Gasteiger partial charge in [-0.25, -0.2) is 0 Å². The standard InChI is InChI=1S/C16H16BrN3S2/c1-11(2)20-15(14-4-3-9-21-14)18-19-16(20)22-10-12-5-7-13(17)8-6-12/h3-9,11H,10H2,1-2H3. The molecule has 0 bridgehead atoms. The Morgan fingerprint density at radius 2 is 1.95 bits per heavy atom. The Labute approximate surface area is 146 Å². The van der Waals surface area contributed by atoms with Crippen molar-refractivity contribution in [2.45, 2.75) is 30.8 Å². The Morgan fingerprint density at radius 3 is 2.59 bits per heavy atom. The van der Waals surface area contributed by atoms with Gasteiger partial charge in [0.2, 0.25) is 0 Å². The molecular weight excluding hydrogens is 378 g/mol. The topological polar surface area (TPSA) is 30.7 Å². The molecule has 2 heterocycles. The van der Waals surface area contributed by atoms with Gasteiger partial charge in [-0.3, -0.25) is 4.57 Å². The van der Waals surface area contributed by atoms with Crippen LogP contribution in [-0.2, 0) is 5.75 Å². The smallest absolute Gasteiger partial charge is 0.192 e. The molecule has 0 amide bonds. The Bertz CT molecular complexity index is 733. The summed E-state index contributed by atoms with van der Waals surface area (Å²) in [4.78, 5) is 1.16. The van der Waals surface area contributed by atoms with Crippen molar-refractivity contribution in [2.75, 3.05) is 0 Å². The van der Waals surface area contributed by atoms with E-state index in [1.807, 2.05) is 6.07 Å². The largest absolute Gasteiger partial charge is 0.299 e. The summed E-state index contributed by atoms with van der Waals surface area (Å²) < 4.78 is 3.32. The number of halogens is 1. The van der Waals surface area contributed by atoms with Gasteiger partial charge in [0.25, 0.3) is 0 Å². The molecule has 114 valence electrons. The molecule has 3 aromatic rings. The van der Waals surface area contributed by atoms with E-state index in [1.54, 1.807) is 23.1 Å². The number of hydrogen-bond donors (Lipinski definition) is 0. The molecule has 2 aromatic heterocycles. The van der Waals surface area contributed by atoms with Crippen LogP contribution < -0.4 is 0 Å². The van der Waals surface area contributed by atoms with Gasteiger partial charge in [-0.1, -0.05) is 45.9 Å². The lowest BCUT2D eigenvalue weighted by Gasteiger charge is -2.12. The third-order valence-electron chi connectivity index (χ3n) is 3.20. The average molecular weight is 394 g/mol. The number of hydrogen-bond acceptors (Lipinski definition) is 4. The predicted octanol–water partition coefficient (Wildman–Crippen LogP) is 5.64. The maximum Gasteiger partial charge on any atom is 0.192 e. The molecule has 0 saturated carbocycles. The van der Waals surface area contributed by atoms with Gasteiger partial charge in [-0.2, -0.15) is 0 Å². The summed E-state index contributed by atoms with van der Waals surface area (Å²) in [5.74, 6) is 1.85. The summed E-state index contributed by atoms with van der Waals surface area (Å²) in [6.45, 7) is 4.34. The average Bonchev–Trinajstić information content (AvgIpc) is 3.15. The first kappa shape index (κ1) is 15.8. The van der Waals surface area contributed by atoms with Gasteiger partial charge in [0.1, 0.15) is 0 Å². The molecule has 22 heavy (non-hydrogen) atoms. The third kappa shape index (κ3) is 3.45. The van der Waals surface area contributed by atoms with E-state index in [2.05, 4.69) is 80.3 Å². The van der Waals surface area contributed by atoms with Crippen LogP contribution in [0.1, 0.15) is 25.5 Å². The second kappa shape index (κ2) is 6.98. The predicted molar refractivity (Wildman–Crippen MR) is 97.4 cm³/mol. The zero-order valence-electron chi connectivity index (χ0n) is 12.4. The van der Waals surface area contributed by atoms with Gasteiger partial charge < -0.3 is 0 Å². The molecule has 0 aliphatic carbocycles. The number of nitrogens with zero attached hydrogens (tertiary/aromatic N) is 3. The molecule has 0 N–H and O–H groups in total. The van der Waals surface area contributed by atoms with Crippen molar-refractivity contribution in [3.63, 3.8) is 0 Å². The van der Waals surface area contributed by atoms with E-state index in [0.717, 1.165) is 26.1 Å². The SMILES string of the molecule is CC(C)n1c(SCc2ccc(Br)cc2)nnc1-c1cccs1. The number of rotatable bonds is 5. The second-order valence-electron chi connectivity index (χ2n) is 5.16. The Hall–Kier alpha value is -1.11. The van der Waals surface area contributed by atoms with Gasteiger partial charge in [0.05, 0.1) is 4.88 Å². The van der Waals surface area contributed by atoms with Crippen molar-refractivity contribution in [3.8, 4) is 10.7 Å². The summed E-state index contributed by atoms with van der Waals surface area (Å²) in [5, 5.41) is 11.8. The van der Waals surface area contributed by atoms with Crippen LogP contribution in [0, 0.1) is 0 Å². The first-order valence-electron chi connectivity index (χ1n) is 7.01. The van der Waals surface area contributed by atoms with Crippen molar-refractivity contribution in [1.29, 1.82) is 0 Å². The van der Waals surface area contributed by atoms with E-state index in [0.29, 0.717) is 6.04 Å². The molecule has 1 aromatic carbocycles. The molecular formula is C16H16BrN3S2. The lowest BCUT2D eigenvalue weighted by atomic mass is 10.2. The maximum atomic E-state index is 4.40. The fourth-order valence-electron chi connectivity index (χ4n) is 2.14. The fraction of sp³-hybridized carbons (Fsp3) is 0.250. The van der Waals surface area contributed by atoms with Crippen LogP contribution in [0.4, 0.5) is 0 Å². The van der Waals surface area contributed by atoms with Crippen LogP contribution in [0.5, 0.6) is 0 Å². The molecule has 0 aliphatic rings. The number of benzene rings is 1. The van der Waals surface area contributed by atoms with E-state index in [9.17, 15) is 0 Å². The number of thioether (sulfide) groups is 1. The Morgan fingerprint density at radius 1 is 1.18 bits per heavy atom. The van der Waals surface area contributed by atoms with Gasteiger partial charge in [0.15, 0.2) is 11.0 Å². The quantitative estimate of drug-likeness (QED) is 0.525. The molecule has 3 nitrogen and oxygen atoms in total. The molecule has 6 heteroatoms. The van der Waals surface area contributed by atoms with Crippen LogP contribution in [0.25, 0.3) is 10.7 Å². The van der Waals surface area contributed by atoms with Gasteiger partial charge in [-0.05, 0) is 43.0 Å². The third-order valence-corrected chi connectivity index (χ3v) is 5.61. The van der Waals surface area contributed by atoms with Crippen LogP contribution in [0.3, 0.4) is 0 Å². The summed E-state index contributed by atoms with van der Waals surface area (Å²) in [5.41, 5.74) is 1.28. The van der Waals surface area contributed by atoms with Crippen molar-refractivity contribution in [2.24, 2.45) is 0 Å². The number of thiophene rings is 1. The van der Waals surface area contributed by atoms with Gasteiger partial charge in [0, 0.05) is 16.3 Å². The Kier molecular flexibility index (Phi) is 5.00. The molecule has 0 saturated heterocycles.